The molecular weight excluding hydrogens is 206 g/mol. The van der Waals surface area contributed by atoms with Gasteiger partial charge in [0.15, 0.2) is 0 Å². The van der Waals surface area contributed by atoms with E-state index < -0.39 is 0 Å². The van der Waals surface area contributed by atoms with Gasteiger partial charge in [-0.25, -0.2) is 0 Å². The van der Waals surface area contributed by atoms with Crippen molar-refractivity contribution in [1.29, 1.82) is 0 Å². The minimum atomic E-state index is 0.449. The van der Waals surface area contributed by atoms with Crippen LogP contribution in [0.1, 0.15) is 42.7 Å². The maximum absolute atomic E-state index is 6.09. The Morgan fingerprint density at radius 3 is 2.80 bits per heavy atom. The number of hydrogen-bond donors (Lipinski definition) is 1. The van der Waals surface area contributed by atoms with Crippen molar-refractivity contribution in [3.63, 3.8) is 0 Å². The summed E-state index contributed by atoms with van der Waals surface area (Å²) in [4.78, 5) is 0. The zero-order chi connectivity index (χ0) is 10.5. The van der Waals surface area contributed by atoms with Gasteiger partial charge in [0.2, 0.25) is 0 Å². The van der Waals surface area contributed by atoms with Crippen LogP contribution < -0.4 is 5.73 Å². The summed E-state index contributed by atoms with van der Waals surface area (Å²) in [5.41, 5.74) is 9.26. The predicted molar refractivity (Wildman–Crippen MR) is 63.4 cm³/mol. The molecule has 2 heteroatoms. The highest BCUT2D eigenvalue weighted by Gasteiger charge is 2.46. The minimum Gasteiger partial charge on any atom is -0.330 e. The zero-order valence-corrected chi connectivity index (χ0v) is 9.56. The number of rotatable bonds is 1. The van der Waals surface area contributed by atoms with E-state index in [9.17, 15) is 0 Å². The molecular formula is C13H16ClN. The van der Waals surface area contributed by atoms with Crippen molar-refractivity contribution in [3.8, 4) is 0 Å². The third-order valence-corrected chi connectivity index (χ3v) is 4.49. The molecule has 1 spiro atoms. The monoisotopic (exact) mass is 221 g/mol. The van der Waals surface area contributed by atoms with Crippen molar-refractivity contribution in [1.82, 2.24) is 0 Å². The van der Waals surface area contributed by atoms with Gasteiger partial charge in [-0.2, -0.15) is 0 Å². The van der Waals surface area contributed by atoms with Gasteiger partial charge in [-0.15, -0.1) is 0 Å². The van der Waals surface area contributed by atoms with E-state index in [1.165, 1.54) is 36.8 Å². The fourth-order valence-electron chi connectivity index (χ4n) is 3.32. The van der Waals surface area contributed by atoms with Crippen LogP contribution in [0.5, 0.6) is 0 Å². The first kappa shape index (κ1) is 9.68. The molecule has 2 aliphatic rings. The van der Waals surface area contributed by atoms with Gasteiger partial charge >= 0.3 is 0 Å². The fraction of sp³-hybridized carbons (Fsp3) is 0.538. The molecule has 15 heavy (non-hydrogen) atoms. The summed E-state index contributed by atoms with van der Waals surface area (Å²) in [5.74, 6) is 0.567. The second-order valence-corrected chi connectivity index (χ2v) is 5.44. The van der Waals surface area contributed by atoms with Crippen molar-refractivity contribution < 1.29 is 0 Å². The zero-order valence-electron chi connectivity index (χ0n) is 8.80. The molecule has 0 radical (unpaired) electrons. The van der Waals surface area contributed by atoms with Gasteiger partial charge < -0.3 is 5.73 Å². The smallest absolute Gasteiger partial charge is 0.0409 e. The molecule has 1 saturated carbocycles. The first-order valence-electron chi connectivity index (χ1n) is 5.75. The quantitative estimate of drug-likeness (QED) is 0.775. The average molecular weight is 222 g/mol. The molecule has 1 unspecified atom stereocenters. The lowest BCUT2D eigenvalue weighted by Gasteiger charge is -2.39. The summed E-state index contributed by atoms with van der Waals surface area (Å²) in [6, 6.07) is 6.36. The van der Waals surface area contributed by atoms with Gasteiger partial charge in [0.05, 0.1) is 0 Å². The van der Waals surface area contributed by atoms with E-state index >= 15 is 0 Å². The van der Waals surface area contributed by atoms with Crippen LogP contribution >= 0.6 is 11.6 Å². The summed E-state index contributed by atoms with van der Waals surface area (Å²) >= 11 is 6.09. The molecule has 3 rings (SSSR count). The van der Waals surface area contributed by atoms with Crippen LogP contribution in [0.25, 0.3) is 0 Å². The standard InChI is InChI=1S/C13H16ClN/c14-10-2-3-11-9(8-15)7-13(4-1-5-13)12(11)6-10/h2-3,6,9H,1,4-5,7-8,15H2. The lowest BCUT2D eigenvalue weighted by atomic mass is 9.65. The minimum absolute atomic E-state index is 0.449. The Bertz CT molecular complexity index is 396. The number of benzene rings is 1. The van der Waals surface area contributed by atoms with E-state index in [4.69, 9.17) is 17.3 Å². The summed E-state index contributed by atoms with van der Waals surface area (Å²) in [6.07, 6.45) is 5.27. The topological polar surface area (TPSA) is 26.0 Å². The molecule has 80 valence electrons. The third kappa shape index (κ3) is 1.26. The molecule has 0 heterocycles. The van der Waals surface area contributed by atoms with Crippen LogP contribution in [0, 0.1) is 0 Å². The highest BCUT2D eigenvalue weighted by atomic mass is 35.5. The third-order valence-electron chi connectivity index (χ3n) is 4.26. The lowest BCUT2D eigenvalue weighted by Crippen LogP contribution is -2.32. The van der Waals surface area contributed by atoms with Crippen LogP contribution in [-0.2, 0) is 5.41 Å². The van der Waals surface area contributed by atoms with Gasteiger partial charge in [-0.1, -0.05) is 24.1 Å². The highest BCUT2D eigenvalue weighted by molar-refractivity contribution is 6.30. The first-order valence-corrected chi connectivity index (χ1v) is 6.13. The molecule has 2 N–H and O–H groups in total. The second-order valence-electron chi connectivity index (χ2n) is 5.00. The van der Waals surface area contributed by atoms with Crippen molar-refractivity contribution >= 4 is 11.6 Å². The molecule has 0 saturated heterocycles. The van der Waals surface area contributed by atoms with Gasteiger partial charge in [0.25, 0.3) is 0 Å². The molecule has 2 aliphatic carbocycles. The van der Waals surface area contributed by atoms with Crippen LogP contribution in [0.15, 0.2) is 18.2 Å². The summed E-state index contributed by atoms with van der Waals surface area (Å²) < 4.78 is 0. The molecule has 1 nitrogen and oxygen atoms in total. The molecule has 1 aromatic carbocycles. The first-order chi connectivity index (χ1) is 7.25. The number of hydrogen-bond acceptors (Lipinski definition) is 1. The van der Waals surface area contributed by atoms with Crippen molar-refractivity contribution in [2.45, 2.75) is 37.0 Å². The van der Waals surface area contributed by atoms with E-state index in [0.717, 1.165) is 11.6 Å². The van der Waals surface area contributed by atoms with E-state index in [1.807, 2.05) is 6.07 Å². The number of fused-ring (bicyclic) bond motifs is 2. The predicted octanol–water partition coefficient (Wildman–Crippen LogP) is 3.21. The van der Waals surface area contributed by atoms with Crippen LogP contribution in [-0.4, -0.2) is 6.54 Å². The average Bonchev–Trinajstić information content (AvgIpc) is 2.51. The van der Waals surface area contributed by atoms with Gasteiger partial charge in [-0.05, 0) is 60.4 Å². The molecule has 0 aliphatic heterocycles. The van der Waals surface area contributed by atoms with Crippen molar-refractivity contribution in [2.24, 2.45) is 5.73 Å². The normalized spacial score (nSPS) is 26.4. The van der Waals surface area contributed by atoms with E-state index in [0.29, 0.717) is 11.3 Å². The van der Waals surface area contributed by atoms with Gasteiger partial charge in [-0.3, -0.25) is 0 Å². The number of halogens is 1. The Morgan fingerprint density at radius 2 is 2.20 bits per heavy atom. The van der Waals surface area contributed by atoms with Crippen LogP contribution in [0.2, 0.25) is 5.02 Å². The molecule has 1 aromatic rings. The molecule has 1 atom stereocenters. The van der Waals surface area contributed by atoms with Gasteiger partial charge in [0, 0.05) is 5.02 Å². The van der Waals surface area contributed by atoms with Crippen molar-refractivity contribution in [2.75, 3.05) is 6.54 Å². The summed E-state index contributed by atoms with van der Waals surface area (Å²) in [5, 5.41) is 0.873. The lowest BCUT2D eigenvalue weighted by molar-refractivity contribution is 0.233. The van der Waals surface area contributed by atoms with Crippen LogP contribution in [0.3, 0.4) is 0 Å². The molecule has 1 fully saturated rings. The molecule has 0 amide bonds. The largest absolute Gasteiger partial charge is 0.330 e. The molecule has 0 aromatic heterocycles. The fourth-order valence-corrected chi connectivity index (χ4v) is 3.49. The van der Waals surface area contributed by atoms with E-state index in [1.54, 1.807) is 0 Å². The Morgan fingerprint density at radius 1 is 1.40 bits per heavy atom. The second kappa shape index (κ2) is 3.23. The summed E-state index contributed by atoms with van der Waals surface area (Å²) in [7, 11) is 0. The Kier molecular flexibility index (Phi) is 2.08. The van der Waals surface area contributed by atoms with E-state index in [-0.39, 0.29) is 0 Å². The highest BCUT2D eigenvalue weighted by Crippen LogP contribution is 2.56. The Labute approximate surface area is 95.6 Å². The molecule has 0 bridgehead atoms. The maximum atomic E-state index is 6.09. The summed E-state index contributed by atoms with van der Waals surface area (Å²) in [6.45, 7) is 0.774. The van der Waals surface area contributed by atoms with Crippen LogP contribution in [0.4, 0.5) is 0 Å². The Hall–Kier alpha value is -0.530. The van der Waals surface area contributed by atoms with Crippen molar-refractivity contribution in [3.05, 3.63) is 34.3 Å². The van der Waals surface area contributed by atoms with E-state index in [2.05, 4.69) is 12.1 Å². The maximum Gasteiger partial charge on any atom is 0.0409 e. The van der Waals surface area contributed by atoms with Gasteiger partial charge in [0.1, 0.15) is 0 Å². The number of nitrogens with two attached hydrogens (primary N) is 1. The SMILES string of the molecule is NCC1CC2(CCC2)c2cc(Cl)ccc21. The Balaban J connectivity index is 2.11.